The van der Waals surface area contributed by atoms with Crippen LogP contribution in [0.25, 0.3) is 16.7 Å². The molecule has 7 heteroatoms. The van der Waals surface area contributed by atoms with Crippen LogP contribution in [0.1, 0.15) is 19.3 Å². The largest absolute Gasteiger partial charge is 0.368 e. The summed E-state index contributed by atoms with van der Waals surface area (Å²) in [5.74, 6) is 0.874. The van der Waals surface area contributed by atoms with Gasteiger partial charge in [-0.3, -0.25) is 0 Å². The molecule has 4 rings (SSSR count). The number of hydrogen-bond acceptors (Lipinski definition) is 6. The zero-order valence-electron chi connectivity index (χ0n) is 15.1. The molecule has 0 spiro atoms. The summed E-state index contributed by atoms with van der Waals surface area (Å²) in [6, 6.07) is 10.1. The van der Waals surface area contributed by atoms with Crippen LogP contribution >= 0.6 is 11.8 Å². The van der Waals surface area contributed by atoms with Crippen molar-refractivity contribution in [3.63, 3.8) is 0 Å². The first-order valence-electron chi connectivity index (χ1n) is 9.16. The van der Waals surface area contributed by atoms with Crippen molar-refractivity contribution >= 4 is 28.6 Å². The Labute approximate surface area is 158 Å². The predicted molar refractivity (Wildman–Crippen MR) is 107 cm³/mol. The van der Waals surface area contributed by atoms with Gasteiger partial charge in [0.2, 0.25) is 0 Å². The highest BCUT2D eigenvalue weighted by Gasteiger charge is 2.14. The number of piperidine rings is 1. The summed E-state index contributed by atoms with van der Waals surface area (Å²) in [4.78, 5) is 11.9. The third-order valence-corrected chi connectivity index (χ3v) is 5.31. The zero-order valence-corrected chi connectivity index (χ0v) is 15.9. The lowest BCUT2D eigenvalue weighted by Crippen LogP contribution is -2.33. The summed E-state index contributed by atoms with van der Waals surface area (Å²) in [5.41, 5.74) is 1.85. The Morgan fingerprint density at radius 1 is 1.08 bits per heavy atom. The molecule has 1 saturated heterocycles. The number of hydrogen-bond donors (Lipinski definition) is 1. The van der Waals surface area contributed by atoms with Crippen molar-refractivity contribution in [1.29, 1.82) is 0 Å². The standard InChI is InChI=1S/C19H24N6S/c1-26-19-22-17(20-10-13-24-11-6-3-7-12-24)16-14-21-25(18(16)23-19)15-8-4-2-5-9-15/h2,4-5,8-9,14H,3,6-7,10-13H2,1H3,(H,20,22,23). The Bertz CT molecular complexity index is 857. The van der Waals surface area contributed by atoms with Crippen LogP contribution in [-0.2, 0) is 0 Å². The van der Waals surface area contributed by atoms with E-state index in [9.17, 15) is 0 Å². The highest BCUT2D eigenvalue weighted by molar-refractivity contribution is 7.98. The van der Waals surface area contributed by atoms with Gasteiger partial charge in [0.1, 0.15) is 5.82 Å². The fourth-order valence-corrected chi connectivity index (χ4v) is 3.75. The first kappa shape index (κ1) is 17.3. The van der Waals surface area contributed by atoms with Gasteiger partial charge in [0.15, 0.2) is 10.8 Å². The van der Waals surface area contributed by atoms with E-state index in [1.807, 2.05) is 47.5 Å². The molecule has 0 aliphatic carbocycles. The number of fused-ring (bicyclic) bond motifs is 1. The average molecular weight is 369 g/mol. The Morgan fingerprint density at radius 2 is 1.88 bits per heavy atom. The molecule has 136 valence electrons. The van der Waals surface area contributed by atoms with Gasteiger partial charge < -0.3 is 10.2 Å². The molecule has 1 aliphatic heterocycles. The van der Waals surface area contributed by atoms with Crippen molar-refractivity contribution in [3.8, 4) is 5.69 Å². The normalized spacial score (nSPS) is 15.4. The quantitative estimate of drug-likeness (QED) is 0.531. The Balaban J connectivity index is 1.58. The molecule has 1 aromatic carbocycles. The van der Waals surface area contributed by atoms with Gasteiger partial charge in [-0.2, -0.15) is 5.10 Å². The summed E-state index contributed by atoms with van der Waals surface area (Å²) < 4.78 is 1.88. The summed E-state index contributed by atoms with van der Waals surface area (Å²) in [6.07, 6.45) is 7.86. The molecule has 0 radical (unpaired) electrons. The van der Waals surface area contributed by atoms with Gasteiger partial charge in [-0.15, -0.1) is 0 Å². The maximum absolute atomic E-state index is 4.69. The minimum atomic E-state index is 0.760. The average Bonchev–Trinajstić information content (AvgIpc) is 3.13. The van der Waals surface area contributed by atoms with E-state index in [1.165, 1.54) is 32.4 Å². The van der Waals surface area contributed by atoms with Crippen LogP contribution in [0.5, 0.6) is 0 Å². The predicted octanol–water partition coefficient (Wildman–Crippen LogP) is 3.44. The Morgan fingerprint density at radius 3 is 2.65 bits per heavy atom. The minimum Gasteiger partial charge on any atom is -0.368 e. The van der Waals surface area contributed by atoms with Crippen LogP contribution in [0.2, 0.25) is 0 Å². The molecule has 3 heterocycles. The maximum atomic E-state index is 4.69. The van der Waals surface area contributed by atoms with Gasteiger partial charge in [0, 0.05) is 13.1 Å². The van der Waals surface area contributed by atoms with E-state index in [-0.39, 0.29) is 0 Å². The highest BCUT2D eigenvalue weighted by atomic mass is 32.2. The Kier molecular flexibility index (Phi) is 5.36. The molecule has 1 fully saturated rings. The first-order valence-corrected chi connectivity index (χ1v) is 10.4. The number of anilines is 1. The molecular weight excluding hydrogens is 344 g/mol. The number of nitrogens with one attached hydrogen (secondary N) is 1. The van der Waals surface area contributed by atoms with E-state index in [0.717, 1.165) is 40.8 Å². The van der Waals surface area contributed by atoms with Crippen molar-refractivity contribution in [2.75, 3.05) is 37.8 Å². The molecule has 3 aromatic rings. The summed E-state index contributed by atoms with van der Waals surface area (Å²) >= 11 is 1.55. The molecule has 2 aromatic heterocycles. The molecule has 0 bridgehead atoms. The van der Waals surface area contributed by atoms with E-state index in [4.69, 9.17) is 4.98 Å². The summed E-state index contributed by atoms with van der Waals surface area (Å²) in [5, 5.41) is 9.79. The molecule has 0 unspecified atom stereocenters. The van der Waals surface area contributed by atoms with Crippen LogP contribution in [-0.4, -0.2) is 57.1 Å². The summed E-state index contributed by atoms with van der Waals surface area (Å²) in [7, 11) is 0. The molecule has 0 amide bonds. The van der Waals surface area contributed by atoms with Crippen molar-refractivity contribution in [2.24, 2.45) is 0 Å². The third-order valence-electron chi connectivity index (χ3n) is 4.76. The monoisotopic (exact) mass is 368 g/mol. The molecule has 1 aliphatic rings. The van der Waals surface area contributed by atoms with Crippen LogP contribution < -0.4 is 5.32 Å². The number of para-hydroxylation sites is 1. The molecule has 1 N–H and O–H groups in total. The lowest BCUT2D eigenvalue weighted by atomic mass is 10.1. The number of likely N-dealkylation sites (tertiary alicyclic amines) is 1. The lowest BCUT2D eigenvalue weighted by Gasteiger charge is -2.26. The van der Waals surface area contributed by atoms with E-state index in [2.05, 4.69) is 20.3 Å². The highest BCUT2D eigenvalue weighted by Crippen LogP contribution is 2.25. The van der Waals surface area contributed by atoms with Crippen LogP contribution in [0, 0.1) is 0 Å². The smallest absolute Gasteiger partial charge is 0.191 e. The molecule has 0 atom stereocenters. The lowest BCUT2D eigenvalue weighted by molar-refractivity contribution is 0.237. The maximum Gasteiger partial charge on any atom is 0.191 e. The number of benzene rings is 1. The van der Waals surface area contributed by atoms with Gasteiger partial charge in [-0.25, -0.2) is 14.6 Å². The third kappa shape index (κ3) is 3.68. The van der Waals surface area contributed by atoms with Gasteiger partial charge >= 0.3 is 0 Å². The van der Waals surface area contributed by atoms with Crippen LogP contribution in [0.3, 0.4) is 0 Å². The fourth-order valence-electron chi connectivity index (χ4n) is 3.39. The number of nitrogens with zero attached hydrogens (tertiary/aromatic N) is 5. The zero-order chi connectivity index (χ0) is 17.8. The van der Waals surface area contributed by atoms with Gasteiger partial charge in [0.25, 0.3) is 0 Å². The van der Waals surface area contributed by atoms with Crippen LogP contribution in [0.15, 0.2) is 41.7 Å². The van der Waals surface area contributed by atoms with Gasteiger partial charge in [-0.05, 0) is 44.3 Å². The van der Waals surface area contributed by atoms with Crippen molar-refractivity contribution < 1.29 is 0 Å². The number of thioether (sulfide) groups is 1. The van der Waals surface area contributed by atoms with E-state index < -0.39 is 0 Å². The SMILES string of the molecule is CSc1nc(NCCN2CCCCC2)c2cnn(-c3ccccc3)c2n1. The van der Waals surface area contributed by atoms with E-state index in [1.54, 1.807) is 11.8 Å². The minimum absolute atomic E-state index is 0.760. The number of aromatic nitrogens is 4. The van der Waals surface area contributed by atoms with Crippen molar-refractivity contribution in [1.82, 2.24) is 24.6 Å². The molecule has 6 nitrogen and oxygen atoms in total. The molecule has 0 saturated carbocycles. The number of rotatable bonds is 6. The molecular formula is C19H24N6S. The van der Waals surface area contributed by atoms with Crippen LogP contribution in [0.4, 0.5) is 5.82 Å². The van der Waals surface area contributed by atoms with Gasteiger partial charge in [-0.1, -0.05) is 36.4 Å². The van der Waals surface area contributed by atoms with E-state index in [0.29, 0.717) is 0 Å². The fraction of sp³-hybridized carbons (Fsp3) is 0.421. The summed E-state index contributed by atoms with van der Waals surface area (Å²) in [6.45, 7) is 4.36. The van der Waals surface area contributed by atoms with E-state index >= 15 is 0 Å². The van der Waals surface area contributed by atoms with Gasteiger partial charge in [0.05, 0.1) is 17.3 Å². The Hall–Kier alpha value is -2.12. The second-order valence-electron chi connectivity index (χ2n) is 6.52. The first-order chi connectivity index (χ1) is 12.8. The topological polar surface area (TPSA) is 58.9 Å². The van der Waals surface area contributed by atoms with Crippen molar-refractivity contribution in [2.45, 2.75) is 24.4 Å². The second kappa shape index (κ2) is 8.05. The second-order valence-corrected chi connectivity index (χ2v) is 7.29. The van der Waals surface area contributed by atoms with Crippen molar-refractivity contribution in [3.05, 3.63) is 36.5 Å². The molecule has 26 heavy (non-hydrogen) atoms.